The van der Waals surface area contributed by atoms with Crippen molar-refractivity contribution in [1.82, 2.24) is 9.97 Å². The molecule has 1 N–H and O–H groups in total. The van der Waals surface area contributed by atoms with Gasteiger partial charge in [0.05, 0.1) is 11.6 Å². The molecule has 20 heavy (non-hydrogen) atoms. The number of nitrogens with zero attached hydrogens (tertiary/aromatic N) is 3. The number of anilines is 1. The molecule has 0 amide bonds. The van der Waals surface area contributed by atoms with Crippen molar-refractivity contribution < 1.29 is 9.90 Å². The molecule has 5 nitrogen and oxygen atoms in total. The first kappa shape index (κ1) is 12.6. The highest BCUT2D eigenvalue weighted by Crippen LogP contribution is 2.34. The Kier molecular flexibility index (Phi) is 3.33. The van der Waals surface area contributed by atoms with E-state index < -0.39 is 5.97 Å². The predicted molar refractivity (Wildman–Crippen MR) is 74.8 cm³/mol. The molecule has 0 saturated carbocycles. The molecule has 0 radical (unpaired) electrons. The Hall–Kier alpha value is -2.43. The minimum Gasteiger partial charge on any atom is -0.478 e. The highest BCUT2D eigenvalue weighted by Gasteiger charge is 2.27. The molecular weight excluding hydrogens is 254 g/mol. The molecule has 5 heteroatoms. The van der Waals surface area contributed by atoms with Crippen LogP contribution in [0.1, 0.15) is 34.8 Å². The summed E-state index contributed by atoms with van der Waals surface area (Å²) in [5.74, 6) is -0.129. The summed E-state index contributed by atoms with van der Waals surface area (Å²) in [4.78, 5) is 21.5. The monoisotopic (exact) mass is 269 g/mol. The van der Waals surface area contributed by atoms with Crippen molar-refractivity contribution in [2.45, 2.75) is 18.9 Å². The van der Waals surface area contributed by atoms with E-state index in [1.807, 2.05) is 12.3 Å². The zero-order valence-corrected chi connectivity index (χ0v) is 10.9. The SMILES string of the molecule is O=C(O)c1ccc(N2CCC[C@@H]2c2cccnc2)nc1. The number of aromatic nitrogens is 2. The third-order valence-corrected chi connectivity index (χ3v) is 3.61. The number of aromatic carboxylic acids is 1. The summed E-state index contributed by atoms with van der Waals surface area (Å²) in [5, 5.41) is 8.91. The second-order valence-electron chi connectivity index (χ2n) is 4.85. The fourth-order valence-corrected chi connectivity index (χ4v) is 2.64. The molecule has 0 aromatic carbocycles. The van der Waals surface area contributed by atoms with Crippen molar-refractivity contribution in [3.63, 3.8) is 0 Å². The summed E-state index contributed by atoms with van der Waals surface area (Å²) >= 11 is 0. The van der Waals surface area contributed by atoms with Gasteiger partial charge in [-0.2, -0.15) is 0 Å². The van der Waals surface area contributed by atoms with Gasteiger partial charge in [0.15, 0.2) is 0 Å². The summed E-state index contributed by atoms with van der Waals surface area (Å²) in [6.45, 7) is 0.930. The van der Waals surface area contributed by atoms with Gasteiger partial charge in [-0.15, -0.1) is 0 Å². The summed E-state index contributed by atoms with van der Waals surface area (Å²) in [7, 11) is 0. The average molecular weight is 269 g/mol. The average Bonchev–Trinajstić information content (AvgIpc) is 2.97. The maximum absolute atomic E-state index is 10.9. The first-order valence-corrected chi connectivity index (χ1v) is 6.61. The second kappa shape index (κ2) is 5.28. The zero-order valence-electron chi connectivity index (χ0n) is 10.9. The van der Waals surface area contributed by atoms with Crippen molar-refractivity contribution in [3.8, 4) is 0 Å². The lowest BCUT2D eigenvalue weighted by molar-refractivity contribution is 0.0696. The van der Waals surface area contributed by atoms with E-state index in [1.165, 1.54) is 11.8 Å². The van der Waals surface area contributed by atoms with Crippen LogP contribution in [-0.2, 0) is 0 Å². The Morgan fingerprint density at radius 3 is 2.85 bits per heavy atom. The fraction of sp³-hybridized carbons (Fsp3) is 0.267. The Morgan fingerprint density at radius 1 is 1.30 bits per heavy atom. The lowest BCUT2D eigenvalue weighted by Gasteiger charge is -2.25. The molecule has 2 aromatic rings. The van der Waals surface area contributed by atoms with E-state index in [9.17, 15) is 4.79 Å². The van der Waals surface area contributed by atoms with E-state index in [1.54, 1.807) is 18.3 Å². The molecule has 3 heterocycles. The van der Waals surface area contributed by atoms with Crippen molar-refractivity contribution >= 4 is 11.8 Å². The van der Waals surface area contributed by atoms with Gasteiger partial charge < -0.3 is 10.0 Å². The molecule has 2 aromatic heterocycles. The lowest BCUT2D eigenvalue weighted by atomic mass is 10.1. The lowest BCUT2D eigenvalue weighted by Crippen LogP contribution is -2.23. The molecule has 1 aliphatic rings. The van der Waals surface area contributed by atoms with Crippen LogP contribution in [0.3, 0.4) is 0 Å². The first-order chi connectivity index (χ1) is 9.75. The van der Waals surface area contributed by atoms with Crippen LogP contribution in [0.25, 0.3) is 0 Å². The van der Waals surface area contributed by atoms with Crippen LogP contribution in [0.2, 0.25) is 0 Å². The predicted octanol–water partition coefficient (Wildman–Crippen LogP) is 2.52. The standard InChI is InChI=1S/C15H15N3O2/c19-15(20)12-5-6-14(17-10-12)18-8-2-4-13(18)11-3-1-7-16-9-11/h1,3,5-7,9-10,13H,2,4,8H2,(H,19,20)/t13-/m1/s1. The molecule has 1 saturated heterocycles. The van der Waals surface area contributed by atoms with E-state index in [-0.39, 0.29) is 11.6 Å². The number of carboxylic acids is 1. The minimum atomic E-state index is -0.950. The van der Waals surface area contributed by atoms with Crippen LogP contribution in [-0.4, -0.2) is 27.6 Å². The van der Waals surface area contributed by atoms with E-state index in [2.05, 4.69) is 20.9 Å². The van der Waals surface area contributed by atoms with Gasteiger partial charge in [0, 0.05) is 25.1 Å². The molecule has 3 rings (SSSR count). The molecular formula is C15H15N3O2. The van der Waals surface area contributed by atoms with Gasteiger partial charge in [-0.1, -0.05) is 6.07 Å². The molecule has 102 valence electrons. The number of hydrogen-bond donors (Lipinski definition) is 1. The largest absolute Gasteiger partial charge is 0.478 e. The van der Waals surface area contributed by atoms with E-state index in [0.29, 0.717) is 0 Å². The summed E-state index contributed by atoms with van der Waals surface area (Å²) in [6.07, 6.45) is 7.23. The van der Waals surface area contributed by atoms with Gasteiger partial charge in [0.2, 0.25) is 0 Å². The highest BCUT2D eigenvalue weighted by atomic mass is 16.4. The third kappa shape index (κ3) is 2.34. The molecule has 0 aliphatic carbocycles. The van der Waals surface area contributed by atoms with Crippen molar-refractivity contribution in [1.29, 1.82) is 0 Å². The van der Waals surface area contributed by atoms with Gasteiger partial charge >= 0.3 is 5.97 Å². The summed E-state index contributed by atoms with van der Waals surface area (Å²) < 4.78 is 0. The van der Waals surface area contributed by atoms with E-state index in [0.717, 1.165) is 25.2 Å². The molecule has 0 unspecified atom stereocenters. The number of carboxylic acid groups (broad SMARTS) is 1. The Bertz CT molecular complexity index is 598. The van der Waals surface area contributed by atoms with Crippen molar-refractivity contribution in [2.75, 3.05) is 11.4 Å². The smallest absolute Gasteiger partial charge is 0.337 e. The molecule has 1 atom stereocenters. The Labute approximate surface area is 116 Å². The maximum atomic E-state index is 10.9. The van der Waals surface area contributed by atoms with Gasteiger partial charge in [0.25, 0.3) is 0 Å². The number of hydrogen-bond acceptors (Lipinski definition) is 4. The van der Waals surface area contributed by atoms with E-state index >= 15 is 0 Å². The normalized spacial score (nSPS) is 18.2. The minimum absolute atomic E-state index is 0.214. The number of rotatable bonds is 3. The van der Waals surface area contributed by atoms with Crippen LogP contribution in [0.5, 0.6) is 0 Å². The van der Waals surface area contributed by atoms with Crippen LogP contribution >= 0.6 is 0 Å². The Morgan fingerprint density at radius 2 is 2.20 bits per heavy atom. The van der Waals surface area contributed by atoms with Gasteiger partial charge in [0.1, 0.15) is 5.82 Å². The number of pyridine rings is 2. The molecule has 0 bridgehead atoms. The highest BCUT2D eigenvalue weighted by molar-refractivity contribution is 5.87. The van der Waals surface area contributed by atoms with Crippen LogP contribution in [0, 0.1) is 0 Å². The van der Waals surface area contributed by atoms with Crippen molar-refractivity contribution in [2.24, 2.45) is 0 Å². The van der Waals surface area contributed by atoms with Gasteiger partial charge in [-0.3, -0.25) is 4.98 Å². The Balaban J connectivity index is 1.87. The second-order valence-corrected chi connectivity index (χ2v) is 4.85. The summed E-state index contributed by atoms with van der Waals surface area (Å²) in [5.41, 5.74) is 1.39. The van der Waals surface area contributed by atoms with Crippen LogP contribution in [0.15, 0.2) is 42.9 Å². The van der Waals surface area contributed by atoms with Gasteiger partial charge in [-0.25, -0.2) is 9.78 Å². The van der Waals surface area contributed by atoms with Crippen molar-refractivity contribution in [3.05, 3.63) is 54.0 Å². The first-order valence-electron chi connectivity index (χ1n) is 6.61. The maximum Gasteiger partial charge on any atom is 0.337 e. The topological polar surface area (TPSA) is 66.3 Å². The number of carbonyl (C=O) groups is 1. The summed E-state index contributed by atoms with van der Waals surface area (Å²) in [6, 6.07) is 7.66. The van der Waals surface area contributed by atoms with E-state index in [4.69, 9.17) is 5.11 Å². The fourth-order valence-electron chi connectivity index (χ4n) is 2.64. The quantitative estimate of drug-likeness (QED) is 0.927. The van der Waals surface area contributed by atoms with Crippen LogP contribution < -0.4 is 4.90 Å². The third-order valence-electron chi connectivity index (χ3n) is 3.61. The molecule has 1 fully saturated rings. The molecule has 0 spiro atoms. The zero-order chi connectivity index (χ0) is 13.9. The molecule has 1 aliphatic heterocycles. The van der Waals surface area contributed by atoms with Crippen LogP contribution in [0.4, 0.5) is 5.82 Å². The van der Waals surface area contributed by atoms with Gasteiger partial charge in [-0.05, 0) is 36.6 Å².